The van der Waals surface area contributed by atoms with Crippen molar-refractivity contribution in [2.24, 2.45) is 0 Å². The van der Waals surface area contributed by atoms with Crippen LogP contribution >= 0.6 is 0 Å². The number of carbonyl (C=O) groups is 1. The molecule has 1 aromatic rings. The molecule has 1 saturated heterocycles. The average molecular weight is 397 g/mol. The van der Waals surface area contributed by atoms with E-state index in [1.54, 1.807) is 30.3 Å². The third-order valence-electron chi connectivity index (χ3n) is 3.86. The van der Waals surface area contributed by atoms with Gasteiger partial charge in [-0.15, -0.1) is 0 Å². The van der Waals surface area contributed by atoms with E-state index < -0.39 is 44.1 Å². The van der Waals surface area contributed by atoms with E-state index in [4.69, 9.17) is 14.2 Å². The smallest absolute Gasteiger partial charge is 0.411 e. The Bertz CT molecular complexity index is 584. The van der Waals surface area contributed by atoms with Gasteiger partial charge >= 0.3 is 12.3 Å². The molecule has 0 spiro atoms. The van der Waals surface area contributed by atoms with Crippen LogP contribution in [0.4, 0.5) is 26.7 Å². The van der Waals surface area contributed by atoms with Gasteiger partial charge in [0.2, 0.25) is 0 Å². The lowest BCUT2D eigenvalue weighted by Gasteiger charge is -2.37. The number of ether oxygens (including phenoxy) is 3. The number of piperidine rings is 1. The van der Waals surface area contributed by atoms with Crippen LogP contribution in [0.25, 0.3) is 0 Å². The monoisotopic (exact) mass is 397 g/mol. The topological polar surface area (TPSA) is 48.0 Å². The predicted octanol–water partition coefficient (Wildman–Crippen LogP) is 3.63. The molecule has 0 saturated carbocycles. The lowest BCUT2D eigenvalue weighted by Crippen LogP contribution is -2.52. The fourth-order valence-electron chi connectivity index (χ4n) is 2.62. The van der Waals surface area contributed by atoms with Gasteiger partial charge in [0.1, 0.15) is 25.9 Å². The van der Waals surface area contributed by atoms with Gasteiger partial charge in [0.05, 0.1) is 12.6 Å². The van der Waals surface area contributed by atoms with Crippen LogP contribution in [0, 0.1) is 0 Å². The second-order valence-corrected chi connectivity index (χ2v) is 6.00. The number of amides is 1. The van der Waals surface area contributed by atoms with Gasteiger partial charge in [-0.2, -0.15) is 13.2 Å². The molecule has 1 heterocycles. The highest BCUT2D eigenvalue weighted by Gasteiger charge is 2.37. The highest BCUT2D eigenvalue weighted by molar-refractivity contribution is 5.67. The van der Waals surface area contributed by atoms with Crippen molar-refractivity contribution < 1.29 is 41.0 Å². The summed E-state index contributed by atoms with van der Waals surface area (Å²) in [6.45, 7) is -2.59. The lowest BCUT2D eigenvalue weighted by molar-refractivity contribution is -0.207. The Morgan fingerprint density at radius 1 is 1.15 bits per heavy atom. The number of nitrogens with zero attached hydrogens (tertiary/aromatic N) is 1. The van der Waals surface area contributed by atoms with Crippen molar-refractivity contribution in [1.29, 1.82) is 0 Å². The molecular weight excluding hydrogens is 377 g/mol. The maximum atomic E-state index is 12.4. The Morgan fingerprint density at radius 2 is 1.85 bits per heavy atom. The summed E-state index contributed by atoms with van der Waals surface area (Å²) in [4.78, 5) is 13.3. The molecule has 1 fully saturated rings. The van der Waals surface area contributed by atoms with Crippen LogP contribution in [0.2, 0.25) is 0 Å². The van der Waals surface area contributed by atoms with Crippen LogP contribution in [-0.4, -0.2) is 62.1 Å². The van der Waals surface area contributed by atoms with Crippen molar-refractivity contribution in [2.45, 2.75) is 37.8 Å². The van der Waals surface area contributed by atoms with Crippen LogP contribution in [0.15, 0.2) is 30.3 Å². The van der Waals surface area contributed by atoms with Crippen LogP contribution in [-0.2, 0) is 20.8 Å². The third-order valence-corrected chi connectivity index (χ3v) is 3.86. The summed E-state index contributed by atoms with van der Waals surface area (Å²) < 4.78 is 76.8. The largest absolute Gasteiger partial charge is 0.445 e. The SMILES string of the molecule is O=C(OCc1ccccc1)N1CC[C@@H](OCC(F)F)[C@@H](OCC(F)(F)F)C1. The predicted molar refractivity (Wildman–Crippen MR) is 84.4 cm³/mol. The molecule has 27 heavy (non-hydrogen) atoms. The normalized spacial score (nSPS) is 20.7. The van der Waals surface area contributed by atoms with E-state index in [1.807, 2.05) is 0 Å². The highest BCUT2D eigenvalue weighted by atomic mass is 19.4. The summed E-state index contributed by atoms with van der Waals surface area (Å²) in [7, 11) is 0. The summed E-state index contributed by atoms with van der Waals surface area (Å²) in [5.74, 6) is 0. The molecule has 152 valence electrons. The molecule has 0 bridgehead atoms. The average Bonchev–Trinajstić information content (AvgIpc) is 2.63. The van der Waals surface area contributed by atoms with Gasteiger partial charge in [0.15, 0.2) is 0 Å². The first-order valence-electron chi connectivity index (χ1n) is 8.28. The number of alkyl halides is 5. The molecule has 1 aliphatic rings. The molecule has 0 radical (unpaired) electrons. The molecule has 1 aliphatic heterocycles. The van der Waals surface area contributed by atoms with Gasteiger partial charge in [0.25, 0.3) is 6.43 Å². The number of likely N-dealkylation sites (tertiary alicyclic amines) is 1. The molecule has 1 aromatic carbocycles. The maximum absolute atomic E-state index is 12.4. The van der Waals surface area contributed by atoms with E-state index in [1.165, 1.54) is 4.90 Å². The summed E-state index contributed by atoms with van der Waals surface area (Å²) in [5, 5.41) is 0. The van der Waals surface area contributed by atoms with Crippen LogP contribution < -0.4 is 0 Å². The van der Waals surface area contributed by atoms with Crippen LogP contribution in [0.3, 0.4) is 0 Å². The first-order valence-corrected chi connectivity index (χ1v) is 8.28. The van der Waals surface area contributed by atoms with Crippen molar-refractivity contribution in [1.82, 2.24) is 4.90 Å². The van der Waals surface area contributed by atoms with Gasteiger partial charge in [-0.05, 0) is 12.0 Å². The Hall–Kier alpha value is -1.94. The van der Waals surface area contributed by atoms with Crippen molar-refractivity contribution >= 4 is 6.09 Å². The standard InChI is InChI=1S/C17H20F5NO4/c18-15(19)10-25-13-6-7-23(8-14(13)27-11-17(20,21)22)16(24)26-9-12-4-2-1-3-5-12/h1-5,13-15H,6-11H2/t13-,14+/m1/s1. The molecule has 0 unspecified atom stereocenters. The Labute approximate surface area is 153 Å². The fourth-order valence-corrected chi connectivity index (χ4v) is 2.62. The van der Waals surface area contributed by atoms with E-state index in [9.17, 15) is 26.7 Å². The molecule has 5 nitrogen and oxygen atoms in total. The molecular formula is C17H20F5NO4. The van der Waals surface area contributed by atoms with Gasteiger partial charge < -0.3 is 19.1 Å². The molecule has 0 aliphatic carbocycles. The minimum absolute atomic E-state index is 0.00948. The van der Waals surface area contributed by atoms with Crippen molar-refractivity contribution in [3.05, 3.63) is 35.9 Å². The van der Waals surface area contributed by atoms with Crippen LogP contribution in [0.5, 0.6) is 0 Å². The van der Waals surface area contributed by atoms with Crippen molar-refractivity contribution in [3.8, 4) is 0 Å². The van der Waals surface area contributed by atoms with E-state index in [0.29, 0.717) is 0 Å². The Kier molecular flexibility index (Phi) is 7.78. The van der Waals surface area contributed by atoms with Gasteiger partial charge in [0, 0.05) is 6.54 Å². The second-order valence-electron chi connectivity index (χ2n) is 6.00. The Morgan fingerprint density at radius 3 is 2.48 bits per heavy atom. The third kappa shape index (κ3) is 7.67. The lowest BCUT2D eigenvalue weighted by atomic mass is 10.0. The molecule has 10 heteroatoms. The first kappa shape index (κ1) is 21.4. The van der Waals surface area contributed by atoms with Gasteiger partial charge in [-0.3, -0.25) is 0 Å². The van der Waals surface area contributed by atoms with E-state index in [-0.39, 0.29) is 26.1 Å². The molecule has 2 rings (SSSR count). The number of hydrogen-bond acceptors (Lipinski definition) is 4. The molecule has 2 atom stereocenters. The number of rotatable bonds is 7. The minimum Gasteiger partial charge on any atom is -0.445 e. The van der Waals surface area contributed by atoms with Gasteiger partial charge in [-0.25, -0.2) is 13.6 Å². The van der Waals surface area contributed by atoms with Crippen molar-refractivity contribution in [3.63, 3.8) is 0 Å². The molecule has 0 N–H and O–H groups in total. The zero-order chi connectivity index (χ0) is 19.9. The first-order chi connectivity index (χ1) is 12.7. The number of carbonyl (C=O) groups excluding carboxylic acids is 1. The molecule has 1 amide bonds. The quantitative estimate of drug-likeness (QED) is 0.660. The summed E-state index contributed by atoms with van der Waals surface area (Å²) in [6.07, 6.45) is -10.1. The maximum Gasteiger partial charge on any atom is 0.411 e. The highest BCUT2D eigenvalue weighted by Crippen LogP contribution is 2.23. The zero-order valence-corrected chi connectivity index (χ0v) is 14.3. The van der Waals surface area contributed by atoms with E-state index in [2.05, 4.69) is 0 Å². The molecule has 0 aromatic heterocycles. The number of hydrogen-bond donors (Lipinski definition) is 0. The van der Waals surface area contributed by atoms with Crippen molar-refractivity contribution in [2.75, 3.05) is 26.3 Å². The van der Waals surface area contributed by atoms with E-state index >= 15 is 0 Å². The summed E-state index contributed by atoms with van der Waals surface area (Å²) in [6, 6.07) is 8.87. The van der Waals surface area contributed by atoms with Gasteiger partial charge in [-0.1, -0.05) is 30.3 Å². The summed E-state index contributed by atoms with van der Waals surface area (Å²) >= 11 is 0. The Balaban J connectivity index is 1.91. The second kappa shape index (κ2) is 9.84. The van der Waals surface area contributed by atoms with E-state index in [0.717, 1.165) is 5.56 Å². The fraction of sp³-hybridized carbons (Fsp3) is 0.588. The van der Waals surface area contributed by atoms with Crippen LogP contribution in [0.1, 0.15) is 12.0 Å². The minimum atomic E-state index is -4.58. The number of halogens is 5. The summed E-state index contributed by atoms with van der Waals surface area (Å²) in [5.41, 5.74) is 0.755. The zero-order valence-electron chi connectivity index (χ0n) is 14.3. The number of benzene rings is 1.